The molecule has 1 N–H and O–H groups in total. The number of aryl methyl sites for hydroxylation is 3. The van der Waals surface area contributed by atoms with Crippen molar-refractivity contribution in [2.75, 3.05) is 5.32 Å². The molecule has 30 heavy (non-hydrogen) atoms. The second-order valence-electron chi connectivity index (χ2n) is 6.84. The molecule has 7 heteroatoms. The van der Waals surface area contributed by atoms with Crippen LogP contribution in [0.5, 0.6) is 11.6 Å². The molecule has 0 bridgehead atoms. The average Bonchev–Trinajstić information content (AvgIpc) is 3.15. The number of anilines is 1. The number of nitrogens with zero attached hydrogens (tertiary/aromatic N) is 3. The fourth-order valence-electron chi connectivity index (χ4n) is 2.81. The van der Waals surface area contributed by atoms with Crippen LogP contribution in [0.4, 0.5) is 5.69 Å². The predicted molar refractivity (Wildman–Crippen MR) is 118 cm³/mol. The van der Waals surface area contributed by atoms with Crippen LogP contribution in [0, 0.1) is 20.8 Å². The number of benzene rings is 1. The van der Waals surface area contributed by atoms with E-state index in [1.165, 1.54) is 16.9 Å². The molecule has 0 spiro atoms. The molecular formula is C23H20N4O2S. The highest BCUT2D eigenvalue weighted by Gasteiger charge is 2.17. The summed E-state index contributed by atoms with van der Waals surface area (Å²) in [4.78, 5) is 26.3. The zero-order chi connectivity index (χ0) is 21.1. The number of hydrogen-bond acceptors (Lipinski definition) is 6. The van der Waals surface area contributed by atoms with Crippen LogP contribution in [0.2, 0.25) is 0 Å². The lowest BCUT2D eigenvalue weighted by Crippen LogP contribution is -2.11. The summed E-state index contributed by atoms with van der Waals surface area (Å²) in [5, 5.41) is 3.58. The molecule has 0 aliphatic rings. The quantitative estimate of drug-likeness (QED) is 0.460. The SMILES string of the molecule is Cc1ccc(Oc2ccc(NC(=O)c3sc(-c4ccccn4)nc3C)cn2)cc1C. The molecule has 1 aromatic carbocycles. The van der Waals surface area contributed by atoms with E-state index < -0.39 is 0 Å². The van der Waals surface area contributed by atoms with Crippen molar-refractivity contribution in [3.8, 4) is 22.3 Å². The molecule has 0 saturated carbocycles. The molecular weight excluding hydrogens is 396 g/mol. The maximum atomic E-state index is 12.7. The molecule has 0 aliphatic carbocycles. The number of hydrogen-bond donors (Lipinski definition) is 1. The van der Waals surface area contributed by atoms with Gasteiger partial charge in [0.2, 0.25) is 5.88 Å². The van der Waals surface area contributed by atoms with Crippen molar-refractivity contribution in [2.45, 2.75) is 20.8 Å². The minimum atomic E-state index is -0.225. The third-order valence-electron chi connectivity index (χ3n) is 4.58. The van der Waals surface area contributed by atoms with Crippen LogP contribution >= 0.6 is 11.3 Å². The second kappa shape index (κ2) is 8.42. The summed E-state index contributed by atoms with van der Waals surface area (Å²) in [6.45, 7) is 5.91. The fraction of sp³-hybridized carbons (Fsp3) is 0.130. The third-order valence-corrected chi connectivity index (χ3v) is 5.76. The normalized spacial score (nSPS) is 10.6. The first-order valence-electron chi connectivity index (χ1n) is 9.41. The molecule has 0 unspecified atom stereocenters. The molecule has 1 amide bonds. The molecule has 4 rings (SSSR count). The van der Waals surface area contributed by atoms with E-state index in [2.05, 4.69) is 27.2 Å². The maximum Gasteiger partial charge on any atom is 0.267 e. The van der Waals surface area contributed by atoms with Gasteiger partial charge in [-0.05, 0) is 62.2 Å². The Bertz CT molecular complexity index is 1190. The number of thiazole rings is 1. The minimum Gasteiger partial charge on any atom is -0.439 e. The van der Waals surface area contributed by atoms with E-state index in [1.54, 1.807) is 24.5 Å². The lowest BCUT2D eigenvalue weighted by atomic mass is 10.1. The number of pyridine rings is 2. The summed E-state index contributed by atoms with van der Waals surface area (Å²) in [6, 6.07) is 15.0. The van der Waals surface area contributed by atoms with E-state index in [1.807, 2.05) is 50.2 Å². The van der Waals surface area contributed by atoms with Gasteiger partial charge < -0.3 is 10.1 Å². The Labute approximate surface area is 178 Å². The molecule has 0 saturated heterocycles. The van der Waals surface area contributed by atoms with E-state index in [0.717, 1.165) is 17.0 Å². The van der Waals surface area contributed by atoms with Gasteiger partial charge in [0, 0.05) is 12.3 Å². The van der Waals surface area contributed by atoms with Gasteiger partial charge >= 0.3 is 0 Å². The van der Waals surface area contributed by atoms with Crippen molar-refractivity contribution in [1.82, 2.24) is 15.0 Å². The zero-order valence-electron chi connectivity index (χ0n) is 16.8. The Balaban J connectivity index is 1.45. The number of carbonyl (C=O) groups is 1. The molecule has 0 atom stereocenters. The van der Waals surface area contributed by atoms with E-state index in [9.17, 15) is 4.79 Å². The maximum absolute atomic E-state index is 12.7. The number of amides is 1. The van der Waals surface area contributed by atoms with E-state index in [0.29, 0.717) is 27.1 Å². The number of carbonyl (C=O) groups excluding carboxylic acids is 1. The van der Waals surface area contributed by atoms with Gasteiger partial charge in [0.15, 0.2) is 0 Å². The van der Waals surface area contributed by atoms with Crippen molar-refractivity contribution >= 4 is 22.9 Å². The Kier molecular flexibility index (Phi) is 5.54. The highest BCUT2D eigenvalue weighted by atomic mass is 32.1. The third kappa shape index (κ3) is 4.36. The number of rotatable bonds is 5. The van der Waals surface area contributed by atoms with Crippen LogP contribution in [-0.2, 0) is 0 Å². The van der Waals surface area contributed by atoms with Gasteiger partial charge in [-0.15, -0.1) is 11.3 Å². The standard InChI is InChI=1S/C23H20N4O2S/c1-14-7-9-18(12-15(14)2)29-20-10-8-17(13-25-20)27-22(28)21-16(3)26-23(30-21)19-6-4-5-11-24-19/h4-13H,1-3H3,(H,27,28). The van der Waals surface area contributed by atoms with Crippen molar-refractivity contribution in [3.63, 3.8) is 0 Å². The minimum absolute atomic E-state index is 0.225. The average molecular weight is 417 g/mol. The van der Waals surface area contributed by atoms with Crippen molar-refractivity contribution < 1.29 is 9.53 Å². The number of aromatic nitrogens is 3. The molecule has 0 aliphatic heterocycles. The van der Waals surface area contributed by atoms with Crippen molar-refractivity contribution in [1.29, 1.82) is 0 Å². The van der Waals surface area contributed by atoms with Crippen molar-refractivity contribution in [3.05, 3.63) is 82.6 Å². The van der Waals surface area contributed by atoms with Gasteiger partial charge in [0.1, 0.15) is 15.6 Å². The smallest absolute Gasteiger partial charge is 0.267 e. The zero-order valence-corrected chi connectivity index (χ0v) is 17.7. The van der Waals surface area contributed by atoms with Gasteiger partial charge in [0.05, 0.1) is 23.3 Å². The Hall–Kier alpha value is -3.58. The first-order chi connectivity index (χ1) is 14.5. The van der Waals surface area contributed by atoms with Crippen molar-refractivity contribution in [2.24, 2.45) is 0 Å². The van der Waals surface area contributed by atoms with Crippen LogP contribution in [0.25, 0.3) is 10.7 Å². The fourth-order valence-corrected chi connectivity index (χ4v) is 3.74. The number of nitrogens with one attached hydrogen (secondary N) is 1. The van der Waals surface area contributed by atoms with Crippen LogP contribution in [-0.4, -0.2) is 20.9 Å². The second-order valence-corrected chi connectivity index (χ2v) is 7.83. The summed E-state index contributed by atoms with van der Waals surface area (Å²) in [7, 11) is 0. The molecule has 0 radical (unpaired) electrons. The molecule has 3 heterocycles. The van der Waals surface area contributed by atoms with Gasteiger partial charge in [0.25, 0.3) is 5.91 Å². The van der Waals surface area contributed by atoms with Gasteiger partial charge in [-0.25, -0.2) is 9.97 Å². The van der Waals surface area contributed by atoms with Crippen LogP contribution in [0.1, 0.15) is 26.5 Å². The van der Waals surface area contributed by atoms with Gasteiger partial charge in [-0.3, -0.25) is 9.78 Å². The van der Waals surface area contributed by atoms with E-state index in [-0.39, 0.29) is 5.91 Å². The Morgan fingerprint density at radius 2 is 1.87 bits per heavy atom. The summed E-state index contributed by atoms with van der Waals surface area (Å²) >= 11 is 1.32. The highest BCUT2D eigenvalue weighted by Crippen LogP contribution is 2.27. The van der Waals surface area contributed by atoms with E-state index in [4.69, 9.17) is 4.74 Å². The Morgan fingerprint density at radius 3 is 2.57 bits per heavy atom. The molecule has 6 nitrogen and oxygen atoms in total. The monoisotopic (exact) mass is 416 g/mol. The molecule has 4 aromatic rings. The number of ether oxygens (including phenoxy) is 1. The lowest BCUT2D eigenvalue weighted by Gasteiger charge is -2.08. The Morgan fingerprint density at radius 1 is 1.00 bits per heavy atom. The molecule has 0 fully saturated rings. The van der Waals surface area contributed by atoms with Crippen LogP contribution in [0.3, 0.4) is 0 Å². The highest BCUT2D eigenvalue weighted by molar-refractivity contribution is 7.17. The van der Waals surface area contributed by atoms with Gasteiger partial charge in [-0.1, -0.05) is 12.1 Å². The molecule has 3 aromatic heterocycles. The van der Waals surface area contributed by atoms with Gasteiger partial charge in [-0.2, -0.15) is 0 Å². The first kappa shape index (κ1) is 19.7. The first-order valence-corrected chi connectivity index (χ1v) is 10.2. The largest absolute Gasteiger partial charge is 0.439 e. The predicted octanol–water partition coefficient (Wildman–Crippen LogP) is 5.57. The lowest BCUT2D eigenvalue weighted by molar-refractivity contribution is 0.102. The summed E-state index contributed by atoms with van der Waals surface area (Å²) in [5.74, 6) is 0.962. The molecule has 150 valence electrons. The summed E-state index contributed by atoms with van der Waals surface area (Å²) < 4.78 is 5.79. The van der Waals surface area contributed by atoms with Crippen LogP contribution in [0.15, 0.2) is 60.9 Å². The van der Waals surface area contributed by atoms with Crippen LogP contribution < -0.4 is 10.1 Å². The van der Waals surface area contributed by atoms with E-state index >= 15 is 0 Å². The topological polar surface area (TPSA) is 77.0 Å². The summed E-state index contributed by atoms with van der Waals surface area (Å²) in [6.07, 6.45) is 3.28. The summed E-state index contributed by atoms with van der Waals surface area (Å²) in [5.41, 5.74) is 4.36.